The van der Waals surface area contributed by atoms with Gasteiger partial charge >= 0.3 is 0 Å². The largest absolute Gasteiger partial charge is 0.454 e. The Morgan fingerprint density at radius 1 is 1.16 bits per heavy atom. The van der Waals surface area contributed by atoms with Gasteiger partial charge in [0.2, 0.25) is 6.79 Å². The van der Waals surface area contributed by atoms with E-state index in [1.165, 1.54) is 6.08 Å². The Kier molecular flexibility index (Phi) is 1.81. The molecule has 0 radical (unpaired) electrons. The quantitative estimate of drug-likeness (QED) is 0.744. The maximum Gasteiger partial charge on any atom is 0.258 e. The molecule has 0 fully saturated rings. The number of hydrogen-bond donors (Lipinski definition) is 2. The van der Waals surface area contributed by atoms with Crippen molar-refractivity contribution >= 4 is 28.3 Å². The number of imide groups is 1. The normalized spacial score (nSPS) is 16.9. The van der Waals surface area contributed by atoms with Crippen molar-refractivity contribution in [3.05, 3.63) is 30.0 Å². The average molecular weight is 256 g/mol. The zero-order valence-corrected chi connectivity index (χ0v) is 9.65. The Morgan fingerprint density at radius 3 is 2.84 bits per heavy atom. The molecule has 3 heterocycles. The van der Waals surface area contributed by atoms with E-state index in [4.69, 9.17) is 9.47 Å². The molecular weight excluding hydrogens is 248 g/mol. The Morgan fingerprint density at radius 2 is 2.05 bits per heavy atom. The molecule has 6 nitrogen and oxygen atoms in total. The zero-order chi connectivity index (χ0) is 13.0. The lowest BCUT2D eigenvalue weighted by atomic mass is 10.0. The van der Waals surface area contributed by atoms with Crippen LogP contribution in [-0.4, -0.2) is 23.6 Å². The predicted molar refractivity (Wildman–Crippen MR) is 65.5 cm³/mol. The molecule has 2 aromatic rings. The van der Waals surface area contributed by atoms with Gasteiger partial charge in [-0.2, -0.15) is 0 Å². The molecule has 1 aromatic heterocycles. The number of carbonyl (C=O) groups excluding carboxylic acids is 2. The second kappa shape index (κ2) is 3.38. The van der Waals surface area contributed by atoms with E-state index in [0.717, 1.165) is 10.9 Å². The lowest BCUT2D eigenvalue weighted by Crippen LogP contribution is -2.21. The first-order valence-electron chi connectivity index (χ1n) is 5.71. The van der Waals surface area contributed by atoms with Gasteiger partial charge < -0.3 is 14.5 Å². The molecule has 0 saturated carbocycles. The van der Waals surface area contributed by atoms with E-state index in [1.54, 1.807) is 12.3 Å². The summed E-state index contributed by atoms with van der Waals surface area (Å²) in [7, 11) is 0. The summed E-state index contributed by atoms with van der Waals surface area (Å²) in [5.41, 5.74) is 1.80. The number of H-pyrrole nitrogens is 1. The van der Waals surface area contributed by atoms with E-state index in [0.29, 0.717) is 22.6 Å². The van der Waals surface area contributed by atoms with E-state index >= 15 is 0 Å². The number of benzene rings is 1. The zero-order valence-electron chi connectivity index (χ0n) is 9.65. The topological polar surface area (TPSA) is 80.4 Å². The summed E-state index contributed by atoms with van der Waals surface area (Å²) in [5, 5.41) is 2.99. The third-order valence-corrected chi connectivity index (χ3v) is 3.23. The molecule has 0 spiro atoms. The Balaban J connectivity index is 2.01. The van der Waals surface area contributed by atoms with Crippen LogP contribution in [0.4, 0.5) is 0 Å². The number of fused-ring (bicyclic) bond motifs is 3. The number of rotatable bonds is 1. The average Bonchev–Trinajstić information content (AvgIpc) is 3.05. The van der Waals surface area contributed by atoms with Crippen molar-refractivity contribution in [2.24, 2.45) is 0 Å². The summed E-state index contributed by atoms with van der Waals surface area (Å²) in [6, 6.07) is 3.65. The Bertz CT molecular complexity index is 772. The lowest BCUT2D eigenvalue weighted by molar-refractivity contribution is -0.123. The Hall–Kier alpha value is -2.76. The van der Waals surface area contributed by atoms with Crippen LogP contribution in [0.2, 0.25) is 0 Å². The van der Waals surface area contributed by atoms with Crippen LogP contribution < -0.4 is 14.8 Å². The first-order valence-corrected chi connectivity index (χ1v) is 5.71. The van der Waals surface area contributed by atoms with E-state index in [-0.39, 0.29) is 6.79 Å². The van der Waals surface area contributed by atoms with Crippen molar-refractivity contribution in [3.63, 3.8) is 0 Å². The maximum absolute atomic E-state index is 11.7. The Labute approximate surface area is 107 Å². The van der Waals surface area contributed by atoms with Gasteiger partial charge in [-0.3, -0.25) is 14.9 Å². The molecule has 0 bridgehead atoms. The van der Waals surface area contributed by atoms with Gasteiger partial charge in [0.25, 0.3) is 11.8 Å². The predicted octanol–water partition coefficient (Wildman–Crippen LogP) is 0.936. The molecule has 2 amide bonds. The number of nitrogens with one attached hydrogen (secondary N) is 2. The number of aromatic nitrogens is 1. The van der Waals surface area contributed by atoms with Crippen LogP contribution in [0.25, 0.3) is 16.5 Å². The monoisotopic (exact) mass is 256 g/mol. The second-order valence-electron chi connectivity index (χ2n) is 4.30. The van der Waals surface area contributed by atoms with Crippen LogP contribution in [0.3, 0.4) is 0 Å². The summed E-state index contributed by atoms with van der Waals surface area (Å²) < 4.78 is 10.8. The molecule has 0 saturated heterocycles. The minimum atomic E-state index is -0.404. The number of ether oxygens (including phenoxy) is 2. The summed E-state index contributed by atoms with van der Waals surface area (Å²) in [6.07, 6.45) is 2.98. The van der Waals surface area contributed by atoms with Crippen molar-refractivity contribution in [1.82, 2.24) is 10.3 Å². The third-order valence-electron chi connectivity index (χ3n) is 3.23. The molecule has 0 aliphatic carbocycles. The number of amides is 2. The van der Waals surface area contributed by atoms with Gasteiger partial charge in [0.1, 0.15) is 0 Å². The van der Waals surface area contributed by atoms with Crippen molar-refractivity contribution in [1.29, 1.82) is 0 Å². The molecule has 94 valence electrons. The molecule has 2 aliphatic heterocycles. The third kappa shape index (κ3) is 1.31. The fourth-order valence-electron chi connectivity index (χ4n) is 2.41. The highest BCUT2D eigenvalue weighted by Gasteiger charge is 2.27. The first-order chi connectivity index (χ1) is 9.24. The highest BCUT2D eigenvalue weighted by atomic mass is 16.7. The first kappa shape index (κ1) is 10.2. The van der Waals surface area contributed by atoms with Crippen LogP contribution in [0.5, 0.6) is 11.5 Å². The van der Waals surface area contributed by atoms with E-state index < -0.39 is 11.8 Å². The van der Waals surface area contributed by atoms with Crippen LogP contribution >= 0.6 is 0 Å². The van der Waals surface area contributed by atoms with E-state index in [1.807, 2.05) is 6.07 Å². The summed E-state index contributed by atoms with van der Waals surface area (Å²) >= 11 is 0. The van der Waals surface area contributed by atoms with Crippen LogP contribution in [0.1, 0.15) is 5.56 Å². The van der Waals surface area contributed by atoms with Gasteiger partial charge in [-0.05, 0) is 12.1 Å². The molecule has 4 rings (SSSR count). The highest BCUT2D eigenvalue weighted by Crippen LogP contribution is 2.42. The fourth-order valence-corrected chi connectivity index (χ4v) is 2.41. The molecular formula is C13H8N2O4. The second-order valence-corrected chi connectivity index (χ2v) is 4.30. The van der Waals surface area contributed by atoms with Gasteiger partial charge in [-0.15, -0.1) is 0 Å². The fraction of sp³-hybridized carbons (Fsp3) is 0.0769. The van der Waals surface area contributed by atoms with Crippen molar-refractivity contribution in [3.8, 4) is 11.5 Å². The van der Waals surface area contributed by atoms with Crippen molar-refractivity contribution in [2.45, 2.75) is 0 Å². The summed E-state index contributed by atoms with van der Waals surface area (Å²) in [5.74, 6) is 0.432. The van der Waals surface area contributed by atoms with Gasteiger partial charge in [0.15, 0.2) is 11.5 Å². The molecule has 6 heteroatoms. The van der Waals surface area contributed by atoms with Crippen molar-refractivity contribution < 1.29 is 19.1 Å². The summed E-state index contributed by atoms with van der Waals surface area (Å²) in [4.78, 5) is 26.1. The van der Waals surface area contributed by atoms with E-state index in [9.17, 15) is 9.59 Å². The number of hydrogen-bond acceptors (Lipinski definition) is 4. The van der Waals surface area contributed by atoms with E-state index in [2.05, 4.69) is 10.3 Å². The molecule has 0 unspecified atom stereocenters. The van der Waals surface area contributed by atoms with Crippen LogP contribution in [0.15, 0.2) is 24.4 Å². The minimum Gasteiger partial charge on any atom is -0.454 e. The maximum atomic E-state index is 11.7. The SMILES string of the molecule is O=C1C=C(c2c[nH]c3ccc4c(c23)OCO4)C(=O)N1. The highest BCUT2D eigenvalue weighted by molar-refractivity contribution is 6.35. The van der Waals surface area contributed by atoms with Crippen LogP contribution in [0, 0.1) is 0 Å². The minimum absolute atomic E-state index is 0.156. The molecule has 19 heavy (non-hydrogen) atoms. The lowest BCUT2D eigenvalue weighted by Gasteiger charge is -2.02. The van der Waals surface area contributed by atoms with Gasteiger partial charge in [-0.1, -0.05) is 0 Å². The van der Waals surface area contributed by atoms with Crippen molar-refractivity contribution in [2.75, 3.05) is 6.79 Å². The van der Waals surface area contributed by atoms with Gasteiger partial charge in [-0.25, -0.2) is 0 Å². The summed E-state index contributed by atoms with van der Waals surface area (Å²) in [6.45, 7) is 0.156. The molecule has 2 N–H and O–H groups in total. The smallest absolute Gasteiger partial charge is 0.258 e. The van der Waals surface area contributed by atoms with Gasteiger partial charge in [0, 0.05) is 17.8 Å². The molecule has 2 aliphatic rings. The van der Waals surface area contributed by atoms with Gasteiger partial charge in [0.05, 0.1) is 16.5 Å². The number of aromatic amines is 1. The molecule has 0 atom stereocenters. The number of carbonyl (C=O) groups is 2. The van der Waals surface area contributed by atoms with Crippen LogP contribution in [-0.2, 0) is 9.59 Å². The standard InChI is InChI=1S/C13H8N2O4/c16-10-3-6(13(17)15-10)7-4-14-8-1-2-9-12(11(7)8)19-5-18-9/h1-4,14H,5H2,(H,15,16,17). The molecule has 1 aromatic carbocycles.